The molecule has 0 saturated heterocycles. The lowest BCUT2D eigenvalue weighted by Crippen LogP contribution is -2.22. The van der Waals surface area contributed by atoms with Crippen molar-refractivity contribution < 1.29 is 9.47 Å². The Morgan fingerprint density at radius 2 is 1.96 bits per heavy atom. The van der Waals surface area contributed by atoms with Crippen molar-refractivity contribution in [2.24, 2.45) is 17.8 Å². The number of benzene rings is 2. The average Bonchev–Trinajstić information content (AvgIpc) is 2.81. The summed E-state index contributed by atoms with van der Waals surface area (Å²) in [6.45, 7) is 3.77. The number of guanidine groups is 1. The zero-order chi connectivity index (χ0) is 18.8. The quantitative estimate of drug-likeness (QED) is 0.331. The average molecular weight is 493 g/mol. The molecule has 28 heavy (non-hydrogen) atoms. The Balaban J connectivity index is 0.00000225. The molecule has 1 aliphatic heterocycles. The van der Waals surface area contributed by atoms with Crippen LogP contribution in [-0.2, 0) is 13.6 Å². The topological polar surface area (TPSA) is 86.7 Å². The number of fused-ring (bicyclic) bond motifs is 2. The summed E-state index contributed by atoms with van der Waals surface area (Å²) in [5.74, 6) is 2.66. The smallest absolute Gasteiger partial charge is 0.193 e. The van der Waals surface area contributed by atoms with Crippen molar-refractivity contribution in [2.45, 2.75) is 19.9 Å². The number of nitrogens with zero attached hydrogens (tertiary/aromatic N) is 3. The number of rotatable bonds is 3. The summed E-state index contributed by atoms with van der Waals surface area (Å²) in [6, 6.07) is 11.9. The number of nitrogens with one attached hydrogen (secondary N) is 1. The van der Waals surface area contributed by atoms with Crippen molar-refractivity contribution in [1.82, 2.24) is 9.55 Å². The van der Waals surface area contributed by atoms with Crippen LogP contribution in [-0.4, -0.2) is 28.7 Å². The second kappa shape index (κ2) is 8.68. The van der Waals surface area contributed by atoms with Gasteiger partial charge >= 0.3 is 0 Å². The lowest BCUT2D eigenvalue weighted by Gasteiger charge is -2.10. The lowest BCUT2D eigenvalue weighted by molar-refractivity contribution is 0.297. The Hall–Kier alpha value is -2.49. The van der Waals surface area contributed by atoms with Crippen molar-refractivity contribution in [2.75, 3.05) is 18.5 Å². The van der Waals surface area contributed by atoms with Crippen LogP contribution in [0.4, 0.5) is 5.69 Å². The molecule has 3 N–H and O–H groups in total. The minimum atomic E-state index is 0. The molecule has 0 bridgehead atoms. The first-order valence-electron chi connectivity index (χ1n) is 8.99. The van der Waals surface area contributed by atoms with Crippen LogP contribution in [0.25, 0.3) is 11.0 Å². The first kappa shape index (κ1) is 20.2. The third-order valence-corrected chi connectivity index (χ3v) is 4.54. The van der Waals surface area contributed by atoms with E-state index in [0.717, 1.165) is 40.5 Å². The zero-order valence-electron chi connectivity index (χ0n) is 15.9. The van der Waals surface area contributed by atoms with Gasteiger partial charge in [0, 0.05) is 25.2 Å². The van der Waals surface area contributed by atoms with Gasteiger partial charge in [-0.2, -0.15) is 0 Å². The highest BCUT2D eigenvalue weighted by molar-refractivity contribution is 14.0. The molecule has 148 valence electrons. The second-order valence-corrected chi connectivity index (χ2v) is 6.62. The van der Waals surface area contributed by atoms with E-state index in [2.05, 4.69) is 40.4 Å². The van der Waals surface area contributed by atoms with E-state index in [9.17, 15) is 0 Å². The normalized spacial score (nSPS) is 13.7. The molecule has 0 atom stereocenters. The van der Waals surface area contributed by atoms with E-state index in [-0.39, 0.29) is 24.0 Å². The van der Waals surface area contributed by atoms with Gasteiger partial charge in [-0.1, -0.05) is 6.07 Å². The van der Waals surface area contributed by atoms with Gasteiger partial charge in [0.2, 0.25) is 0 Å². The molecule has 2 aromatic carbocycles. The fourth-order valence-corrected chi connectivity index (χ4v) is 3.09. The maximum absolute atomic E-state index is 6.06. The standard InChI is InChI=1S/C20H23N5O2.HI/c1-13-4-6-16-15(10-13)24-19(25(16)2)12-22-20(21)23-14-5-7-17-18(11-14)27-9-3-8-26-17;/h4-7,10-11H,3,8-9,12H2,1-2H3,(H3,21,22,23);1H. The van der Waals surface area contributed by atoms with Crippen LogP contribution >= 0.6 is 24.0 Å². The predicted molar refractivity (Wildman–Crippen MR) is 122 cm³/mol. The summed E-state index contributed by atoms with van der Waals surface area (Å²) in [5.41, 5.74) is 10.1. The van der Waals surface area contributed by atoms with Gasteiger partial charge in [-0.15, -0.1) is 24.0 Å². The number of ether oxygens (including phenoxy) is 2. The Bertz CT molecular complexity index is 1020. The monoisotopic (exact) mass is 493 g/mol. The number of nitrogens with two attached hydrogens (primary N) is 1. The molecule has 0 aliphatic carbocycles. The fraction of sp³-hybridized carbons (Fsp3) is 0.300. The van der Waals surface area contributed by atoms with Crippen LogP contribution < -0.4 is 20.5 Å². The van der Waals surface area contributed by atoms with E-state index in [1.54, 1.807) is 0 Å². The van der Waals surface area contributed by atoms with Crippen LogP contribution in [0.1, 0.15) is 17.8 Å². The molecule has 0 saturated carbocycles. The van der Waals surface area contributed by atoms with Gasteiger partial charge in [-0.25, -0.2) is 9.98 Å². The minimum absolute atomic E-state index is 0. The minimum Gasteiger partial charge on any atom is -0.490 e. The lowest BCUT2D eigenvalue weighted by atomic mass is 10.2. The van der Waals surface area contributed by atoms with E-state index in [0.29, 0.717) is 25.7 Å². The molecule has 4 rings (SSSR count). The summed E-state index contributed by atoms with van der Waals surface area (Å²) >= 11 is 0. The molecule has 1 aliphatic rings. The van der Waals surface area contributed by atoms with Crippen LogP contribution in [0.3, 0.4) is 0 Å². The van der Waals surface area contributed by atoms with E-state index in [4.69, 9.17) is 15.2 Å². The molecule has 7 nitrogen and oxygen atoms in total. The van der Waals surface area contributed by atoms with Gasteiger partial charge in [-0.3, -0.25) is 0 Å². The summed E-state index contributed by atoms with van der Waals surface area (Å²) in [5, 5.41) is 3.10. The fourth-order valence-electron chi connectivity index (χ4n) is 3.09. The predicted octanol–water partition coefficient (Wildman–Crippen LogP) is 3.59. The highest BCUT2D eigenvalue weighted by Gasteiger charge is 2.11. The Labute approximate surface area is 181 Å². The van der Waals surface area contributed by atoms with Gasteiger partial charge in [-0.05, 0) is 36.8 Å². The molecule has 0 radical (unpaired) electrons. The van der Waals surface area contributed by atoms with Gasteiger partial charge in [0.1, 0.15) is 12.4 Å². The molecule has 0 spiro atoms. The van der Waals surface area contributed by atoms with Gasteiger partial charge in [0.05, 0.1) is 24.2 Å². The molecule has 8 heteroatoms. The summed E-state index contributed by atoms with van der Waals surface area (Å²) in [6.07, 6.45) is 0.874. The first-order chi connectivity index (χ1) is 13.1. The molecule has 2 heterocycles. The molecule has 0 amide bonds. The van der Waals surface area contributed by atoms with E-state index < -0.39 is 0 Å². The Morgan fingerprint density at radius 1 is 1.18 bits per heavy atom. The number of anilines is 1. The van der Waals surface area contributed by atoms with Crippen LogP contribution in [0.15, 0.2) is 41.4 Å². The number of halogens is 1. The van der Waals surface area contributed by atoms with Gasteiger partial charge in [0.15, 0.2) is 17.5 Å². The summed E-state index contributed by atoms with van der Waals surface area (Å²) < 4.78 is 13.4. The van der Waals surface area contributed by atoms with Crippen LogP contribution in [0.5, 0.6) is 11.5 Å². The van der Waals surface area contributed by atoms with E-state index >= 15 is 0 Å². The number of aryl methyl sites for hydroxylation is 2. The molecule has 0 unspecified atom stereocenters. The van der Waals surface area contributed by atoms with Crippen molar-refractivity contribution in [3.05, 3.63) is 47.8 Å². The van der Waals surface area contributed by atoms with Gasteiger partial charge in [0.25, 0.3) is 0 Å². The number of aliphatic imine (C=N–C) groups is 1. The molecular weight excluding hydrogens is 469 g/mol. The van der Waals surface area contributed by atoms with Crippen molar-refractivity contribution in [3.63, 3.8) is 0 Å². The highest BCUT2D eigenvalue weighted by Crippen LogP contribution is 2.32. The van der Waals surface area contributed by atoms with E-state index in [1.807, 2.05) is 29.8 Å². The highest BCUT2D eigenvalue weighted by atomic mass is 127. The Morgan fingerprint density at radius 3 is 2.79 bits per heavy atom. The maximum Gasteiger partial charge on any atom is 0.193 e. The zero-order valence-corrected chi connectivity index (χ0v) is 18.3. The second-order valence-electron chi connectivity index (χ2n) is 6.62. The van der Waals surface area contributed by atoms with E-state index in [1.165, 1.54) is 5.56 Å². The first-order valence-corrected chi connectivity index (χ1v) is 8.99. The van der Waals surface area contributed by atoms with Gasteiger partial charge < -0.3 is 25.1 Å². The molecular formula is C20H24IN5O2. The SMILES string of the molecule is Cc1ccc2c(c1)nc(CN=C(N)Nc1ccc3c(c1)OCCCO3)n2C.I. The number of aromatic nitrogens is 2. The molecule has 3 aromatic rings. The summed E-state index contributed by atoms with van der Waals surface area (Å²) in [4.78, 5) is 9.08. The van der Waals surface area contributed by atoms with Crippen LogP contribution in [0.2, 0.25) is 0 Å². The van der Waals surface area contributed by atoms with Crippen LogP contribution in [0, 0.1) is 6.92 Å². The summed E-state index contributed by atoms with van der Waals surface area (Å²) in [7, 11) is 1.99. The third kappa shape index (κ3) is 4.32. The molecule has 1 aromatic heterocycles. The van der Waals surface area contributed by atoms with Crippen molar-refractivity contribution in [3.8, 4) is 11.5 Å². The van der Waals surface area contributed by atoms with Crippen molar-refractivity contribution in [1.29, 1.82) is 0 Å². The maximum atomic E-state index is 6.06. The number of imidazole rings is 1. The number of hydrogen-bond donors (Lipinski definition) is 2. The third-order valence-electron chi connectivity index (χ3n) is 4.54. The Kier molecular flexibility index (Phi) is 6.28. The molecule has 0 fully saturated rings. The number of hydrogen-bond acceptors (Lipinski definition) is 4. The van der Waals surface area contributed by atoms with Crippen molar-refractivity contribution >= 4 is 46.7 Å². The largest absolute Gasteiger partial charge is 0.490 e.